The number of nitrogens with zero attached hydrogens (tertiary/aromatic N) is 2. The number of rotatable bonds is 6. The van der Waals surface area contributed by atoms with Crippen LogP contribution in [0.2, 0.25) is 5.02 Å². The van der Waals surface area contributed by atoms with E-state index in [4.69, 9.17) is 21.1 Å². The number of halogens is 2. The number of aryl methyl sites for hydroxylation is 1. The van der Waals surface area contributed by atoms with Crippen molar-refractivity contribution >= 4 is 34.3 Å². The highest BCUT2D eigenvalue weighted by molar-refractivity contribution is 6.32. The van der Waals surface area contributed by atoms with Crippen LogP contribution in [-0.4, -0.2) is 17.1 Å². The van der Waals surface area contributed by atoms with Crippen LogP contribution < -0.4 is 9.47 Å². The van der Waals surface area contributed by atoms with Gasteiger partial charge in [0.05, 0.1) is 28.7 Å². The van der Waals surface area contributed by atoms with Crippen molar-refractivity contribution in [3.63, 3.8) is 0 Å². The van der Waals surface area contributed by atoms with E-state index in [2.05, 4.69) is 16.0 Å². The van der Waals surface area contributed by atoms with Gasteiger partial charge < -0.3 is 14.5 Å². The minimum atomic E-state index is -0.359. The predicted octanol–water partition coefficient (Wildman–Crippen LogP) is 6.32. The van der Waals surface area contributed by atoms with Crippen LogP contribution in [0.15, 0.2) is 54.6 Å². The molecule has 0 bridgehead atoms. The first-order chi connectivity index (χ1) is 15.5. The molecule has 160 valence electrons. The Hall–Kier alpha value is -3.82. The van der Waals surface area contributed by atoms with Gasteiger partial charge in [-0.15, -0.1) is 0 Å². The number of methoxy groups -OCH3 is 1. The van der Waals surface area contributed by atoms with Gasteiger partial charge in [0.1, 0.15) is 24.3 Å². The molecule has 0 spiro atoms. The molecule has 0 aliphatic rings. The standard InChI is InChI=1S/C25H19ClFN3O2/c1-15-7-8-21-22(9-15)30-25(29-21)18(13-28)10-16-11-19(26)24(23(12-16)31-2)32-14-17-5-3-4-6-20(17)27/h3-12H,14H2,1-2H3,(H,29,30). The molecule has 0 unspecified atom stereocenters. The number of aromatic amines is 1. The summed E-state index contributed by atoms with van der Waals surface area (Å²) in [5.74, 6) is 0.773. The Balaban J connectivity index is 1.65. The molecule has 0 aliphatic heterocycles. The first-order valence-corrected chi connectivity index (χ1v) is 10.2. The normalized spacial score (nSPS) is 11.4. The maximum absolute atomic E-state index is 13.9. The summed E-state index contributed by atoms with van der Waals surface area (Å²) in [7, 11) is 1.49. The predicted molar refractivity (Wildman–Crippen MR) is 123 cm³/mol. The lowest BCUT2D eigenvalue weighted by Crippen LogP contribution is -2.01. The van der Waals surface area contributed by atoms with E-state index in [0.717, 1.165) is 16.6 Å². The summed E-state index contributed by atoms with van der Waals surface area (Å²) in [6.45, 7) is 1.99. The van der Waals surface area contributed by atoms with E-state index in [1.807, 2.05) is 25.1 Å². The van der Waals surface area contributed by atoms with E-state index >= 15 is 0 Å². The van der Waals surface area contributed by atoms with Gasteiger partial charge in [-0.25, -0.2) is 9.37 Å². The van der Waals surface area contributed by atoms with Crippen LogP contribution in [0, 0.1) is 24.1 Å². The van der Waals surface area contributed by atoms with Crippen molar-refractivity contribution in [2.24, 2.45) is 0 Å². The maximum atomic E-state index is 13.9. The number of imidazole rings is 1. The van der Waals surface area contributed by atoms with Crippen molar-refractivity contribution in [2.45, 2.75) is 13.5 Å². The number of ether oxygens (including phenoxy) is 2. The summed E-state index contributed by atoms with van der Waals surface area (Å²) in [5, 5.41) is 9.99. The Bertz CT molecular complexity index is 1370. The van der Waals surface area contributed by atoms with Crippen molar-refractivity contribution in [1.29, 1.82) is 5.26 Å². The molecule has 0 atom stereocenters. The number of nitriles is 1. The molecule has 0 radical (unpaired) electrons. The number of aromatic nitrogens is 2. The van der Waals surface area contributed by atoms with E-state index in [9.17, 15) is 9.65 Å². The quantitative estimate of drug-likeness (QED) is 0.351. The Morgan fingerprint density at radius 1 is 1.22 bits per heavy atom. The van der Waals surface area contributed by atoms with Crippen molar-refractivity contribution in [1.82, 2.24) is 9.97 Å². The molecule has 3 aromatic carbocycles. The number of H-pyrrole nitrogens is 1. The SMILES string of the molecule is COc1cc(C=C(C#N)c2nc3ccc(C)cc3[nH]2)cc(Cl)c1OCc1ccccc1F. The molecule has 0 saturated heterocycles. The molecule has 0 fully saturated rings. The second-order valence-corrected chi connectivity index (χ2v) is 7.60. The fraction of sp³-hybridized carbons (Fsp3) is 0.120. The Morgan fingerprint density at radius 3 is 2.78 bits per heavy atom. The molecule has 1 heterocycles. The molecule has 0 amide bonds. The van der Waals surface area contributed by atoms with Gasteiger partial charge in [0.15, 0.2) is 11.5 Å². The second kappa shape index (κ2) is 9.13. The summed E-state index contributed by atoms with van der Waals surface area (Å²) >= 11 is 6.44. The van der Waals surface area contributed by atoms with Crippen LogP contribution in [0.3, 0.4) is 0 Å². The zero-order chi connectivity index (χ0) is 22.7. The monoisotopic (exact) mass is 447 g/mol. The summed E-state index contributed by atoms with van der Waals surface area (Å²) < 4.78 is 25.1. The lowest BCUT2D eigenvalue weighted by Gasteiger charge is -2.14. The van der Waals surface area contributed by atoms with E-state index in [1.54, 1.807) is 36.4 Å². The third-order valence-corrected chi connectivity index (χ3v) is 5.19. The van der Waals surface area contributed by atoms with Gasteiger partial charge in [0, 0.05) is 5.56 Å². The topological polar surface area (TPSA) is 70.9 Å². The zero-order valence-electron chi connectivity index (χ0n) is 17.4. The van der Waals surface area contributed by atoms with Crippen LogP contribution in [-0.2, 0) is 6.61 Å². The molecule has 0 saturated carbocycles. The average molecular weight is 448 g/mol. The molecule has 0 aliphatic carbocycles. The van der Waals surface area contributed by atoms with Gasteiger partial charge in [-0.2, -0.15) is 5.26 Å². The first kappa shape index (κ1) is 21.4. The third kappa shape index (κ3) is 4.43. The zero-order valence-corrected chi connectivity index (χ0v) is 18.2. The van der Waals surface area contributed by atoms with Crippen molar-refractivity contribution in [3.8, 4) is 17.6 Å². The molecule has 7 heteroatoms. The van der Waals surface area contributed by atoms with Crippen LogP contribution in [0.1, 0.15) is 22.5 Å². The van der Waals surface area contributed by atoms with Crippen molar-refractivity contribution in [2.75, 3.05) is 7.11 Å². The molecule has 1 N–H and O–H groups in total. The minimum Gasteiger partial charge on any atom is -0.493 e. The number of hydrogen-bond acceptors (Lipinski definition) is 4. The highest BCUT2D eigenvalue weighted by Crippen LogP contribution is 2.38. The third-order valence-electron chi connectivity index (χ3n) is 4.91. The number of hydrogen-bond donors (Lipinski definition) is 1. The van der Waals surface area contributed by atoms with Crippen molar-refractivity contribution in [3.05, 3.63) is 88.0 Å². The molecular weight excluding hydrogens is 429 g/mol. The number of allylic oxidation sites excluding steroid dienone is 1. The van der Waals surface area contributed by atoms with E-state index in [1.165, 1.54) is 13.2 Å². The summed E-state index contributed by atoms with van der Waals surface area (Å²) in [4.78, 5) is 7.68. The van der Waals surface area contributed by atoms with Crippen LogP contribution >= 0.6 is 11.6 Å². The maximum Gasteiger partial charge on any atom is 0.180 e. The highest BCUT2D eigenvalue weighted by Gasteiger charge is 2.14. The fourth-order valence-electron chi connectivity index (χ4n) is 3.30. The summed E-state index contributed by atoms with van der Waals surface area (Å²) in [6.07, 6.45) is 1.67. The first-order valence-electron chi connectivity index (χ1n) is 9.80. The largest absolute Gasteiger partial charge is 0.493 e. The molecule has 1 aromatic heterocycles. The molecule has 5 nitrogen and oxygen atoms in total. The van der Waals surface area contributed by atoms with Gasteiger partial charge in [0.25, 0.3) is 0 Å². The number of fused-ring (bicyclic) bond motifs is 1. The Labute approximate surface area is 189 Å². The Morgan fingerprint density at radius 2 is 2.03 bits per heavy atom. The summed E-state index contributed by atoms with van der Waals surface area (Å²) in [6, 6.07) is 17.7. The van der Waals surface area contributed by atoms with Crippen LogP contribution in [0.5, 0.6) is 11.5 Å². The fourth-order valence-corrected chi connectivity index (χ4v) is 3.57. The van der Waals surface area contributed by atoms with Gasteiger partial charge in [-0.1, -0.05) is 35.9 Å². The van der Waals surface area contributed by atoms with E-state index in [0.29, 0.717) is 34.0 Å². The van der Waals surface area contributed by atoms with E-state index < -0.39 is 0 Å². The lowest BCUT2D eigenvalue weighted by atomic mass is 10.1. The minimum absolute atomic E-state index is 0.000212. The van der Waals surface area contributed by atoms with Crippen LogP contribution in [0.4, 0.5) is 4.39 Å². The van der Waals surface area contributed by atoms with E-state index in [-0.39, 0.29) is 17.4 Å². The number of benzene rings is 3. The second-order valence-electron chi connectivity index (χ2n) is 7.19. The van der Waals surface area contributed by atoms with Gasteiger partial charge in [-0.05, 0) is 54.5 Å². The molecular formula is C25H19ClFN3O2. The van der Waals surface area contributed by atoms with Gasteiger partial charge in [-0.3, -0.25) is 0 Å². The highest BCUT2D eigenvalue weighted by atomic mass is 35.5. The van der Waals surface area contributed by atoms with Gasteiger partial charge >= 0.3 is 0 Å². The molecule has 32 heavy (non-hydrogen) atoms. The Kier molecular flexibility index (Phi) is 6.11. The van der Waals surface area contributed by atoms with Crippen molar-refractivity contribution < 1.29 is 13.9 Å². The molecule has 4 aromatic rings. The van der Waals surface area contributed by atoms with Crippen LogP contribution in [0.25, 0.3) is 22.7 Å². The number of nitrogens with one attached hydrogen (secondary N) is 1. The smallest absolute Gasteiger partial charge is 0.180 e. The average Bonchev–Trinajstić information content (AvgIpc) is 3.20. The lowest BCUT2D eigenvalue weighted by molar-refractivity contribution is 0.280. The summed E-state index contributed by atoms with van der Waals surface area (Å²) in [5.41, 5.74) is 4.11. The molecule has 4 rings (SSSR count). The van der Waals surface area contributed by atoms with Gasteiger partial charge in [0.2, 0.25) is 0 Å².